The number of nitro groups is 1. The maximum absolute atomic E-state index is 14.1. The molecule has 0 aliphatic carbocycles. The average molecular weight is 388 g/mol. The topological polar surface area (TPSA) is 98.5 Å². The van der Waals surface area contributed by atoms with Crippen LogP contribution in [0.4, 0.5) is 10.1 Å². The summed E-state index contributed by atoms with van der Waals surface area (Å²) in [5.41, 5.74) is -0.855. The van der Waals surface area contributed by atoms with E-state index >= 15 is 0 Å². The number of ether oxygens (including phenoxy) is 1. The van der Waals surface area contributed by atoms with E-state index in [1.807, 2.05) is 6.07 Å². The summed E-state index contributed by atoms with van der Waals surface area (Å²) in [5, 5.41) is 13.2. The molecule has 8 heteroatoms. The van der Waals surface area contributed by atoms with E-state index in [1.54, 1.807) is 45.0 Å². The first-order valence-electron chi connectivity index (χ1n) is 8.58. The third-order valence-corrected chi connectivity index (χ3v) is 3.69. The van der Waals surface area contributed by atoms with Gasteiger partial charge < -0.3 is 10.1 Å². The standard InChI is InChI=1S/C20H21FN2O5/c1-20(2,3)28-19(25)17(11-13-7-5-4-6-8-13)22-18(24)15-10-9-14(23(26)27)12-16(15)21/h4-10,12,17H,11H2,1-3H3,(H,22,24)/t17-/m0/s1. The second kappa shape index (κ2) is 8.60. The number of hydrogen-bond donors (Lipinski definition) is 1. The summed E-state index contributed by atoms with van der Waals surface area (Å²) in [4.78, 5) is 35.0. The van der Waals surface area contributed by atoms with Crippen molar-refractivity contribution >= 4 is 17.6 Å². The number of benzene rings is 2. The van der Waals surface area contributed by atoms with E-state index < -0.39 is 45.5 Å². The molecule has 1 N–H and O–H groups in total. The van der Waals surface area contributed by atoms with Crippen molar-refractivity contribution in [1.29, 1.82) is 0 Å². The molecule has 148 valence electrons. The zero-order valence-electron chi connectivity index (χ0n) is 15.8. The first-order chi connectivity index (χ1) is 13.1. The molecule has 0 heterocycles. The van der Waals surface area contributed by atoms with Gasteiger partial charge in [0.15, 0.2) is 0 Å². The molecule has 0 aliphatic heterocycles. The van der Waals surface area contributed by atoms with Crippen LogP contribution in [0.15, 0.2) is 48.5 Å². The van der Waals surface area contributed by atoms with Crippen LogP contribution in [0.1, 0.15) is 36.7 Å². The second-order valence-electron chi connectivity index (χ2n) is 7.17. The maximum atomic E-state index is 14.1. The fourth-order valence-corrected chi connectivity index (χ4v) is 2.45. The molecular weight excluding hydrogens is 367 g/mol. The van der Waals surface area contributed by atoms with Gasteiger partial charge in [0.25, 0.3) is 11.6 Å². The van der Waals surface area contributed by atoms with Crippen LogP contribution in [0.2, 0.25) is 0 Å². The third kappa shape index (κ3) is 5.87. The first kappa shape index (κ1) is 21.0. The van der Waals surface area contributed by atoms with E-state index in [9.17, 15) is 24.1 Å². The largest absolute Gasteiger partial charge is 0.458 e. The van der Waals surface area contributed by atoms with Crippen molar-refractivity contribution in [3.63, 3.8) is 0 Å². The predicted octanol–water partition coefficient (Wildman–Crippen LogP) is 3.42. The minimum Gasteiger partial charge on any atom is -0.458 e. The predicted molar refractivity (Wildman–Crippen MR) is 100 cm³/mol. The number of hydrogen-bond acceptors (Lipinski definition) is 5. The van der Waals surface area contributed by atoms with Crippen LogP contribution in [0.25, 0.3) is 0 Å². The molecule has 1 amide bonds. The molecule has 0 saturated heterocycles. The number of nitrogens with zero attached hydrogens (tertiary/aromatic N) is 1. The lowest BCUT2D eigenvalue weighted by molar-refractivity contribution is -0.385. The number of rotatable bonds is 6. The molecule has 1 atom stereocenters. The SMILES string of the molecule is CC(C)(C)OC(=O)[C@H](Cc1ccccc1)NC(=O)c1ccc([N+](=O)[O-])cc1F. The molecule has 7 nitrogen and oxygen atoms in total. The number of amides is 1. The summed E-state index contributed by atoms with van der Waals surface area (Å²) in [7, 11) is 0. The lowest BCUT2D eigenvalue weighted by atomic mass is 10.0. The Morgan fingerprint density at radius 3 is 2.36 bits per heavy atom. The summed E-state index contributed by atoms with van der Waals surface area (Å²) in [5.74, 6) is -2.57. The number of nitro benzene ring substituents is 1. The molecule has 0 aliphatic rings. The molecule has 2 rings (SSSR count). The molecular formula is C20H21FN2O5. The van der Waals surface area contributed by atoms with Gasteiger partial charge in [0.05, 0.1) is 16.6 Å². The fourth-order valence-electron chi connectivity index (χ4n) is 2.45. The highest BCUT2D eigenvalue weighted by atomic mass is 19.1. The van der Waals surface area contributed by atoms with Crippen LogP contribution in [0, 0.1) is 15.9 Å². The van der Waals surface area contributed by atoms with Gasteiger partial charge in [-0.1, -0.05) is 30.3 Å². The van der Waals surface area contributed by atoms with Crippen molar-refractivity contribution in [2.45, 2.75) is 38.8 Å². The van der Waals surface area contributed by atoms with Crippen LogP contribution < -0.4 is 5.32 Å². The van der Waals surface area contributed by atoms with Gasteiger partial charge in [-0.3, -0.25) is 14.9 Å². The normalized spacial score (nSPS) is 12.1. The van der Waals surface area contributed by atoms with Crippen molar-refractivity contribution in [2.24, 2.45) is 0 Å². The molecule has 0 spiro atoms. The first-order valence-corrected chi connectivity index (χ1v) is 8.58. The molecule has 0 radical (unpaired) electrons. The van der Waals surface area contributed by atoms with Gasteiger partial charge in [0.2, 0.25) is 0 Å². The molecule has 0 fully saturated rings. The van der Waals surface area contributed by atoms with Crippen molar-refractivity contribution in [3.05, 3.63) is 75.6 Å². The van der Waals surface area contributed by atoms with E-state index in [0.29, 0.717) is 6.07 Å². The van der Waals surface area contributed by atoms with Gasteiger partial charge >= 0.3 is 5.97 Å². The Hall–Kier alpha value is -3.29. The molecule has 0 bridgehead atoms. The van der Waals surface area contributed by atoms with Gasteiger partial charge in [-0.2, -0.15) is 0 Å². The summed E-state index contributed by atoms with van der Waals surface area (Å²) >= 11 is 0. The molecule has 0 aromatic heterocycles. The zero-order valence-corrected chi connectivity index (χ0v) is 15.8. The molecule has 28 heavy (non-hydrogen) atoms. The van der Waals surface area contributed by atoms with Crippen molar-refractivity contribution in [2.75, 3.05) is 0 Å². The Morgan fingerprint density at radius 1 is 1.18 bits per heavy atom. The minimum absolute atomic E-state index is 0.149. The van der Waals surface area contributed by atoms with Gasteiger partial charge in [-0.25, -0.2) is 9.18 Å². The van der Waals surface area contributed by atoms with Crippen molar-refractivity contribution < 1.29 is 23.6 Å². The summed E-state index contributed by atoms with van der Waals surface area (Å²) in [6.45, 7) is 5.09. The number of carbonyl (C=O) groups excluding carboxylic acids is 2. The van der Waals surface area contributed by atoms with E-state index in [0.717, 1.165) is 17.7 Å². The van der Waals surface area contributed by atoms with Crippen LogP contribution >= 0.6 is 0 Å². The number of carbonyl (C=O) groups is 2. The second-order valence-corrected chi connectivity index (χ2v) is 7.17. The Balaban J connectivity index is 2.24. The number of nitrogens with one attached hydrogen (secondary N) is 1. The Kier molecular flexibility index (Phi) is 6.45. The zero-order chi connectivity index (χ0) is 20.9. The van der Waals surface area contributed by atoms with Crippen LogP contribution in [-0.2, 0) is 16.0 Å². The Bertz CT molecular complexity index is 878. The number of halogens is 1. The van der Waals surface area contributed by atoms with Crippen molar-refractivity contribution in [3.8, 4) is 0 Å². The highest BCUT2D eigenvalue weighted by Gasteiger charge is 2.28. The maximum Gasteiger partial charge on any atom is 0.329 e. The Morgan fingerprint density at radius 2 is 1.82 bits per heavy atom. The van der Waals surface area contributed by atoms with Gasteiger partial charge in [-0.15, -0.1) is 0 Å². The van der Waals surface area contributed by atoms with E-state index in [-0.39, 0.29) is 6.42 Å². The van der Waals surface area contributed by atoms with Gasteiger partial charge in [0.1, 0.15) is 17.5 Å². The Labute approximate surface area is 161 Å². The van der Waals surface area contributed by atoms with Crippen LogP contribution in [0.3, 0.4) is 0 Å². The van der Waals surface area contributed by atoms with Crippen LogP contribution in [-0.4, -0.2) is 28.4 Å². The van der Waals surface area contributed by atoms with Gasteiger partial charge in [-0.05, 0) is 32.4 Å². The van der Waals surface area contributed by atoms with Gasteiger partial charge in [0, 0.05) is 12.5 Å². The summed E-state index contributed by atoms with van der Waals surface area (Å²) < 4.78 is 19.5. The number of non-ortho nitro benzene ring substituents is 1. The average Bonchev–Trinajstić information content (AvgIpc) is 2.60. The lowest BCUT2D eigenvalue weighted by Gasteiger charge is -2.24. The summed E-state index contributed by atoms with van der Waals surface area (Å²) in [6, 6.07) is 10.6. The molecule has 0 saturated carbocycles. The third-order valence-electron chi connectivity index (χ3n) is 3.69. The monoisotopic (exact) mass is 388 g/mol. The quantitative estimate of drug-likeness (QED) is 0.464. The van der Waals surface area contributed by atoms with Crippen LogP contribution in [0.5, 0.6) is 0 Å². The highest BCUT2D eigenvalue weighted by molar-refractivity contribution is 5.97. The molecule has 2 aromatic carbocycles. The number of esters is 1. The van der Waals surface area contributed by atoms with E-state index in [4.69, 9.17) is 4.74 Å². The fraction of sp³-hybridized carbons (Fsp3) is 0.300. The van der Waals surface area contributed by atoms with E-state index in [2.05, 4.69) is 5.32 Å². The van der Waals surface area contributed by atoms with Crippen molar-refractivity contribution in [1.82, 2.24) is 5.32 Å². The minimum atomic E-state index is -1.05. The summed E-state index contributed by atoms with van der Waals surface area (Å²) in [6.07, 6.45) is 0.149. The molecule has 0 unspecified atom stereocenters. The highest BCUT2D eigenvalue weighted by Crippen LogP contribution is 2.17. The lowest BCUT2D eigenvalue weighted by Crippen LogP contribution is -2.45. The molecule has 2 aromatic rings. The van der Waals surface area contributed by atoms with E-state index in [1.165, 1.54) is 0 Å². The smallest absolute Gasteiger partial charge is 0.329 e.